The van der Waals surface area contributed by atoms with Gasteiger partial charge < -0.3 is 42.6 Å². The molecule has 348 valence electrons. The molecule has 19 heteroatoms. The average Bonchev–Trinajstić information content (AvgIpc) is 3.30. The predicted octanol–water partition coefficient (Wildman–Crippen LogP) is 5.04. The summed E-state index contributed by atoms with van der Waals surface area (Å²) in [6, 6.07) is 22.9. The van der Waals surface area contributed by atoms with E-state index in [9.17, 15) is 27.4 Å². The number of nitrogens with zero attached hydrogens (tertiary/aromatic N) is 4. The van der Waals surface area contributed by atoms with Gasteiger partial charge in [-0.3, -0.25) is 8.61 Å². The molecule has 17 nitrogen and oxygen atoms in total. The zero-order chi connectivity index (χ0) is 46.1. The van der Waals surface area contributed by atoms with E-state index in [0.29, 0.717) is 37.6 Å². The summed E-state index contributed by atoms with van der Waals surface area (Å²) in [4.78, 5) is -0.0849. The third-order valence-electron chi connectivity index (χ3n) is 10.2. The molecule has 65 heavy (non-hydrogen) atoms. The van der Waals surface area contributed by atoms with Gasteiger partial charge >= 0.3 is 0 Å². The second kappa shape index (κ2) is 24.3. The van der Waals surface area contributed by atoms with Crippen LogP contribution in [0.1, 0.15) is 33.4 Å². The molecule has 0 atom stereocenters. The molecule has 0 fully saturated rings. The standard InChI is InChI=1S/C46H54N4O13S2/c1-35-3-7-41(8-4-35)64(51,52)49-11-13-55-19-21-60-33-39-27-37(31-47)38(32-48)28-40(39)34-61-22-20-56-14-12-50(65(53,54)42-9-5-36(2)6-10-42)44-30-46-45(29-43(44)49)62-25-23-58-17-15-57-16-18-59-24-26-63-46/h3-10,27-30H,11-26,33-34H2,1-2H3. The van der Waals surface area contributed by atoms with Crippen molar-refractivity contribution in [1.82, 2.24) is 0 Å². The first kappa shape index (κ1) is 49.1. The van der Waals surface area contributed by atoms with E-state index in [0.717, 1.165) is 19.7 Å². The Kier molecular flexibility index (Phi) is 18.3. The molecule has 0 aliphatic carbocycles. The molecule has 0 amide bonds. The van der Waals surface area contributed by atoms with E-state index in [1.54, 1.807) is 36.4 Å². The summed E-state index contributed by atoms with van der Waals surface area (Å²) in [5, 5.41) is 19.3. The smallest absolute Gasteiger partial charge is 0.264 e. The molecule has 2 aliphatic rings. The molecular formula is C46H54N4O13S2. The van der Waals surface area contributed by atoms with Crippen LogP contribution in [-0.2, 0) is 66.4 Å². The Morgan fingerprint density at radius 1 is 0.446 bits per heavy atom. The van der Waals surface area contributed by atoms with Gasteiger partial charge in [0.2, 0.25) is 0 Å². The van der Waals surface area contributed by atoms with Crippen LogP contribution in [-0.4, -0.2) is 122 Å². The lowest BCUT2D eigenvalue weighted by molar-refractivity contribution is 0.00708. The number of sulfonamides is 2. The number of hydrogen-bond acceptors (Lipinski definition) is 15. The molecule has 0 radical (unpaired) electrons. The van der Waals surface area contributed by atoms with E-state index in [1.807, 2.05) is 13.8 Å². The maximum atomic E-state index is 15.0. The van der Waals surface area contributed by atoms with Crippen LogP contribution in [0.4, 0.5) is 11.4 Å². The van der Waals surface area contributed by atoms with Crippen LogP contribution in [0.3, 0.4) is 0 Å². The number of hydrogen-bond donors (Lipinski definition) is 0. The van der Waals surface area contributed by atoms with Gasteiger partial charge in [-0.05, 0) is 61.4 Å². The molecule has 0 spiro atoms. The second-order valence-corrected chi connectivity index (χ2v) is 18.5. The molecule has 0 saturated carbocycles. The van der Waals surface area contributed by atoms with Crippen LogP contribution in [0, 0.1) is 36.5 Å². The molecule has 0 unspecified atom stereocenters. The van der Waals surface area contributed by atoms with E-state index >= 15 is 0 Å². The largest absolute Gasteiger partial charge is 0.487 e. The normalized spacial score (nSPS) is 17.5. The molecule has 0 N–H and O–H groups in total. The van der Waals surface area contributed by atoms with E-state index in [-0.39, 0.29) is 136 Å². The number of rotatable bonds is 4. The van der Waals surface area contributed by atoms with Crippen LogP contribution in [0.25, 0.3) is 0 Å². The van der Waals surface area contributed by atoms with Crippen molar-refractivity contribution in [3.05, 3.63) is 106 Å². The summed E-state index contributed by atoms with van der Waals surface area (Å²) in [6.07, 6.45) is 0. The van der Waals surface area contributed by atoms with Crippen molar-refractivity contribution in [3.63, 3.8) is 0 Å². The first-order chi connectivity index (χ1) is 31.5. The summed E-state index contributed by atoms with van der Waals surface area (Å²) >= 11 is 0. The lowest BCUT2D eigenvalue weighted by Crippen LogP contribution is -2.39. The first-order valence-electron chi connectivity index (χ1n) is 21.2. The topological polar surface area (TPSA) is 205 Å². The van der Waals surface area contributed by atoms with Crippen molar-refractivity contribution in [2.75, 3.05) is 114 Å². The summed E-state index contributed by atoms with van der Waals surface area (Å²) in [6.45, 7) is 5.08. The number of aryl methyl sites for hydroxylation is 2. The van der Waals surface area contributed by atoms with Gasteiger partial charge in [0.25, 0.3) is 20.0 Å². The molecule has 0 aromatic heterocycles. The van der Waals surface area contributed by atoms with Gasteiger partial charge in [0.05, 0.1) is 138 Å². The monoisotopic (exact) mass is 934 g/mol. The predicted molar refractivity (Wildman–Crippen MR) is 238 cm³/mol. The highest BCUT2D eigenvalue weighted by Gasteiger charge is 2.34. The number of fused-ring (bicyclic) bond motifs is 3. The molecular weight excluding hydrogens is 881 g/mol. The highest BCUT2D eigenvalue weighted by molar-refractivity contribution is 7.93. The van der Waals surface area contributed by atoms with E-state index < -0.39 is 20.0 Å². The van der Waals surface area contributed by atoms with Crippen LogP contribution in [0.2, 0.25) is 0 Å². The van der Waals surface area contributed by atoms with Gasteiger partial charge in [0.1, 0.15) is 25.4 Å². The quantitative estimate of drug-likeness (QED) is 0.263. The number of anilines is 2. The van der Waals surface area contributed by atoms with E-state index in [2.05, 4.69) is 12.1 Å². The van der Waals surface area contributed by atoms with E-state index in [4.69, 9.17) is 42.6 Å². The lowest BCUT2D eigenvalue weighted by Gasteiger charge is -2.33. The van der Waals surface area contributed by atoms with Gasteiger partial charge in [-0.25, -0.2) is 16.8 Å². The number of nitriles is 2. The summed E-state index contributed by atoms with van der Waals surface area (Å²) in [7, 11) is -8.89. The molecule has 4 aromatic rings. The highest BCUT2D eigenvalue weighted by atomic mass is 32.2. The van der Waals surface area contributed by atoms with Gasteiger partial charge in [0, 0.05) is 12.1 Å². The van der Waals surface area contributed by atoms with Crippen molar-refractivity contribution >= 4 is 31.4 Å². The Morgan fingerprint density at radius 2 is 0.769 bits per heavy atom. The number of benzene rings is 4. The van der Waals surface area contributed by atoms with Crippen molar-refractivity contribution in [3.8, 4) is 23.6 Å². The maximum absolute atomic E-state index is 15.0. The van der Waals surface area contributed by atoms with Gasteiger partial charge in [-0.15, -0.1) is 0 Å². The van der Waals surface area contributed by atoms with Crippen molar-refractivity contribution < 1.29 is 59.5 Å². The minimum Gasteiger partial charge on any atom is -0.487 e. The zero-order valence-electron chi connectivity index (χ0n) is 36.6. The van der Waals surface area contributed by atoms with Crippen molar-refractivity contribution in [2.45, 2.75) is 36.9 Å². The lowest BCUT2D eigenvalue weighted by atomic mass is 10.00. The molecule has 2 heterocycles. The third-order valence-corrected chi connectivity index (χ3v) is 13.9. The van der Waals surface area contributed by atoms with Crippen LogP contribution in [0.15, 0.2) is 82.6 Å². The molecule has 0 bridgehead atoms. The first-order valence-corrected chi connectivity index (χ1v) is 24.0. The minimum absolute atomic E-state index is 0.0358. The Labute approximate surface area is 380 Å². The highest BCUT2D eigenvalue weighted by Crippen LogP contribution is 2.44. The Bertz CT molecular complexity index is 2320. The third kappa shape index (κ3) is 13.4. The van der Waals surface area contributed by atoms with Crippen LogP contribution in [0.5, 0.6) is 11.5 Å². The second-order valence-electron chi connectivity index (χ2n) is 14.8. The maximum Gasteiger partial charge on any atom is 0.264 e. The summed E-state index contributed by atoms with van der Waals surface area (Å²) in [5.74, 6) is 0.267. The average molecular weight is 935 g/mol. The molecule has 0 saturated heterocycles. The SMILES string of the molecule is Cc1ccc(S(=O)(=O)N2CCOCCOCc3cc(C#N)c(C#N)cc3COCCOCCN(S(=O)(=O)c3ccc(C)cc3)c3cc4c(cc32)OCCOCCOCCOCCO4)cc1. The van der Waals surface area contributed by atoms with Gasteiger partial charge in [-0.1, -0.05) is 35.4 Å². The van der Waals surface area contributed by atoms with Gasteiger partial charge in [-0.2, -0.15) is 10.5 Å². The Balaban J connectivity index is 1.46. The molecule has 2 aliphatic heterocycles. The Morgan fingerprint density at radius 3 is 1.12 bits per heavy atom. The number of ether oxygens (including phenoxy) is 9. The Hall–Kier alpha value is -5.32. The molecule has 6 rings (SSSR count). The fourth-order valence-corrected chi connectivity index (χ4v) is 9.69. The van der Waals surface area contributed by atoms with Crippen LogP contribution >= 0.6 is 0 Å². The fourth-order valence-electron chi connectivity index (χ4n) is 6.78. The van der Waals surface area contributed by atoms with Crippen molar-refractivity contribution in [1.29, 1.82) is 10.5 Å². The minimum atomic E-state index is -4.45. The summed E-state index contributed by atoms with van der Waals surface area (Å²) < 4.78 is 115. The molecule has 4 aromatic carbocycles. The summed E-state index contributed by atoms with van der Waals surface area (Å²) in [5.41, 5.74) is 3.29. The van der Waals surface area contributed by atoms with E-state index in [1.165, 1.54) is 36.4 Å². The fraction of sp³-hybridized carbons (Fsp3) is 0.435. The van der Waals surface area contributed by atoms with Crippen molar-refractivity contribution in [2.24, 2.45) is 0 Å². The van der Waals surface area contributed by atoms with Gasteiger partial charge in [0.15, 0.2) is 11.5 Å². The van der Waals surface area contributed by atoms with Crippen LogP contribution < -0.4 is 18.1 Å². The zero-order valence-corrected chi connectivity index (χ0v) is 38.2.